The molecule has 2 aromatic heterocycles. The Hall–Kier alpha value is -2.75. The van der Waals surface area contributed by atoms with Gasteiger partial charge in [-0.2, -0.15) is 0 Å². The van der Waals surface area contributed by atoms with E-state index in [9.17, 15) is 19.2 Å². The summed E-state index contributed by atoms with van der Waals surface area (Å²) in [5.74, 6) is -0.859. The molecule has 2 aromatic rings. The molecule has 1 aliphatic rings. The van der Waals surface area contributed by atoms with Gasteiger partial charge in [-0.1, -0.05) is 0 Å². The Bertz CT molecular complexity index is 1010. The second-order valence-corrected chi connectivity index (χ2v) is 7.90. The molecule has 0 aliphatic carbocycles. The molecule has 0 aromatic carbocycles. The van der Waals surface area contributed by atoms with Crippen LogP contribution >= 0.6 is 11.3 Å². The van der Waals surface area contributed by atoms with Gasteiger partial charge in [0.25, 0.3) is 11.5 Å². The third-order valence-corrected chi connectivity index (χ3v) is 5.49. The van der Waals surface area contributed by atoms with Crippen molar-refractivity contribution in [2.45, 2.75) is 46.2 Å². The normalized spacial score (nSPS) is 12.9. The highest BCUT2D eigenvalue weighted by Crippen LogP contribution is 2.29. The van der Waals surface area contributed by atoms with E-state index >= 15 is 0 Å². The number of thiophene rings is 1. The minimum absolute atomic E-state index is 0.0304. The van der Waals surface area contributed by atoms with Crippen LogP contribution in [-0.2, 0) is 27.3 Å². The van der Waals surface area contributed by atoms with E-state index in [4.69, 9.17) is 4.74 Å². The molecule has 0 bridgehead atoms. The lowest BCUT2D eigenvalue weighted by molar-refractivity contribution is -0.128. The smallest absolute Gasteiger partial charge is 0.349 e. The Morgan fingerprint density at radius 2 is 2.04 bits per heavy atom. The second-order valence-electron chi connectivity index (χ2n) is 6.90. The number of amides is 2. The zero-order valence-corrected chi connectivity index (χ0v) is 16.8. The Morgan fingerprint density at radius 3 is 2.75 bits per heavy atom. The van der Waals surface area contributed by atoms with Crippen LogP contribution in [-0.4, -0.2) is 46.5 Å². The highest BCUT2D eigenvalue weighted by Gasteiger charge is 2.24. The van der Waals surface area contributed by atoms with Gasteiger partial charge in [-0.05, 0) is 32.8 Å². The number of fused-ring (bicyclic) bond motifs is 2. The molecule has 28 heavy (non-hydrogen) atoms. The first-order valence-corrected chi connectivity index (χ1v) is 9.85. The van der Waals surface area contributed by atoms with Gasteiger partial charge in [0.2, 0.25) is 5.91 Å². The number of esters is 1. The molecule has 1 aliphatic heterocycles. The number of aromatic nitrogens is 2. The standard InChI is InChI=1S/C18H22N4O5S/c1-9(2)20-12(23)7-19-13(24)8-27-18(26)15-10(3)14-16(28-15)21-11-5-4-6-22(11)17(14)25/h9H,4-8H2,1-3H3,(H,19,24)(H,20,23). The number of hydrogen-bond donors (Lipinski definition) is 2. The lowest BCUT2D eigenvalue weighted by Crippen LogP contribution is -2.41. The van der Waals surface area contributed by atoms with Crippen LogP contribution in [0, 0.1) is 6.92 Å². The SMILES string of the molecule is Cc1c(C(=O)OCC(=O)NCC(=O)NC(C)C)sc2nc3n(c(=O)c12)CCC3. The number of hydrogen-bond acceptors (Lipinski definition) is 7. The fraction of sp³-hybridized carbons (Fsp3) is 0.500. The quantitative estimate of drug-likeness (QED) is 0.675. The van der Waals surface area contributed by atoms with E-state index in [0.717, 1.165) is 30.0 Å². The van der Waals surface area contributed by atoms with E-state index < -0.39 is 18.5 Å². The van der Waals surface area contributed by atoms with E-state index in [1.165, 1.54) is 0 Å². The summed E-state index contributed by atoms with van der Waals surface area (Å²) in [5, 5.41) is 5.45. The summed E-state index contributed by atoms with van der Waals surface area (Å²) in [5.41, 5.74) is 0.376. The molecule has 0 spiro atoms. The molecule has 2 amide bonds. The summed E-state index contributed by atoms with van der Waals surface area (Å²) >= 11 is 1.09. The van der Waals surface area contributed by atoms with Crippen LogP contribution in [0.3, 0.4) is 0 Å². The fourth-order valence-electron chi connectivity index (χ4n) is 3.07. The third kappa shape index (κ3) is 4.06. The van der Waals surface area contributed by atoms with Gasteiger partial charge in [-0.3, -0.25) is 19.0 Å². The Labute approximate surface area is 165 Å². The molecule has 0 radical (unpaired) electrons. The largest absolute Gasteiger partial charge is 0.451 e. The van der Waals surface area contributed by atoms with Gasteiger partial charge in [0, 0.05) is 19.0 Å². The highest BCUT2D eigenvalue weighted by molar-refractivity contribution is 7.20. The minimum atomic E-state index is -0.688. The molecule has 3 heterocycles. The molecule has 10 heteroatoms. The lowest BCUT2D eigenvalue weighted by Gasteiger charge is -2.09. The molecule has 150 valence electrons. The zero-order chi connectivity index (χ0) is 20.4. The molecule has 0 saturated heterocycles. The first-order chi connectivity index (χ1) is 13.3. The van der Waals surface area contributed by atoms with Crippen LogP contribution in [0.2, 0.25) is 0 Å². The van der Waals surface area contributed by atoms with Gasteiger partial charge >= 0.3 is 5.97 Å². The van der Waals surface area contributed by atoms with Gasteiger partial charge in [-0.25, -0.2) is 9.78 Å². The number of nitrogens with one attached hydrogen (secondary N) is 2. The van der Waals surface area contributed by atoms with Crippen LogP contribution in [0.15, 0.2) is 4.79 Å². The zero-order valence-electron chi connectivity index (χ0n) is 16.0. The first-order valence-electron chi connectivity index (χ1n) is 9.04. The van der Waals surface area contributed by atoms with Crippen molar-refractivity contribution < 1.29 is 19.1 Å². The van der Waals surface area contributed by atoms with E-state index in [2.05, 4.69) is 15.6 Å². The van der Waals surface area contributed by atoms with Crippen LogP contribution in [0.4, 0.5) is 0 Å². The molecule has 0 fully saturated rings. The second kappa shape index (κ2) is 8.09. The molecule has 2 N–H and O–H groups in total. The maximum absolute atomic E-state index is 12.6. The first kappa shape index (κ1) is 20.0. The van der Waals surface area contributed by atoms with Crippen molar-refractivity contribution in [2.75, 3.05) is 13.2 Å². The van der Waals surface area contributed by atoms with Crippen molar-refractivity contribution in [3.8, 4) is 0 Å². The maximum Gasteiger partial charge on any atom is 0.349 e. The molecule has 0 saturated carbocycles. The summed E-state index contributed by atoms with van der Waals surface area (Å²) in [6, 6.07) is -0.0304. The molecular weight excluding hydrogens is 384 g/mol. The number of carbonyl (C=O) groups is 3. The predicted molar refractivity (Wildman–Crippen MR) is 104 cm³/mol. The number of rotatable bonds is 6. The molecule has 0 atom stereocenters. The number of aryl methyl sites for hydroxylation is 2. The molecule has 3 rings (SSSR count). The number of carbonyl (C=O) groups excluding carboxylic acids is 3. The summed E-state index contributed by atoms with van der Waals surface area (Å²) < 4.78 is 6.69. The number of ether oxygens (including phenoxy) is 1. The molecule has 9 nitrogen and oxygen atoms in total. The van der Waals surface area contributed by atoms with Crippen molar-refractivity contribution >= 4 is 39.3 Å². The monoisotopic (exact) mass is 406 g/mol. The summed E-state index contributed by atoms with van der Waals surface area (Å²) in [6.07, 6.45) is 1.63. The van der Waals surface area contributed by atoms with Crippen molar-refractivity contribution in [3.63, 3.8) is 0 Å². The summed E-state index contributed by atoms with van der Waals surface area (Å²) in [7, 11) is 0. The summed E-state index contributed by atoms with van der Waals surface area (Å²) in [6.45, 7) is 5.23. The summed E-state index contributed by atoms with van der Waals surface area (Å²) in [4.78, 5) is 53.6. The predicted octanol–water partition coefficient (Wildman–Crippen LogP) is 0.510. The highest BCUT2D eigenvalue weighted by atomic mass is 32.1. The Morgan fingerprint density at radius 1 is 1.29 bits per heavy atom. The van der Waals surface area contributed by atoms with E-state index in [1.54, 1.807) is 11.5 Å². The maximum atomic E-state index is 12.6. The van der Waals surface area contributed by atoms with Gasteiger partial charge < -0.3 is 15.4 Å². The van der Waals surface area contributed by atoms with E-state index in [0.29, 0.717) is 22.3 Å². The van der Waals surface area contributed by atoms with Gasteiger partial charge in [0.15, 0.2) is 6.61 Å². The van der Waals surface area contributed by atoms with Crippen molar-refractivity contribution in [1.82, 2.24) is 20.2 Å². The van der Waals surface area contributed by atoms with Crippen molar-refractivity contribution in [3.05, 3.63) is 26.6 Å². The Kier molecular flexibility index (Phi) is 5.78. The number of nitrogens with zero attached hydrogens (tertiary/aromatic N) is 2. The Balaban J connectivity index is 1.65. The molecular formula is C18H22N4O5S. The van der Waals surface area contributed by atoms with Crippen LogP contribution in [0.5, 0.6) is 0 Å². The van der Waals surface area contributed by atoms with Gasteiger partial charge in [-0.15, -0.1) is 11.3 Å². The van der Waals surface area contributed by atoms with Crippen molar-refractivity contribution in [2.24, 2.45) is 0 Å². The van der Waals surface area contributed by atoms with Crippen LogP contribution in [0.25, 0.3) is 10.2 Å². The average Bonchev–Trinajstić information content (AvgIpc) is 3.22. The average molecular weight is 406 g/mol. The van der Waals surface area contributed by atoms with E-state index in [-0.39, 0.29) is 28.9 Å². The topological polar surface area (TPSA) is 119 Å². The van der Waals surface area contributed by atoms with Crippen molar-refractivity contribution in [1.29, 1.82) is 0 Å². The van der Waals surface area contributed by atoms with Gasteiger partial charge in [0.05, 0.1) is 11.9 Å². The van der Waals surface area contributed by atoms with Gasteiger partial charge in [0.1, 0.15) is 15.5 Å². The lowest BCUT2D eigenvalue weighted by atomic mass is 10.2. The van der Waals surface area contributed by atoms with Crippen LogP contribution < -0.4 is 16.2 Å². The minimum Gasteiger partial charge on any atom is -0.451 e. The van der Waals surface area contributed by atoms with Crippen LogP contribution in [0.1, 0.15) is 41.3 Å². The molecule has 0 unspecified atom stereocenters. The fourth-order valence-corrected chi connectivity index (χ4v) is 4.15. The third-order valence-electron chi connectivity index (χ3n) is 4.33. The van der Waals surface area contributed by atoms with E-state index in [1.807, 2.05) is 13.8 Å².